The van der Waals surface area contributed by atoms with E-state index in [1.165, 1.54) is 19.3 Å². The number of benzene rings is 1. The molecular weight excluding hydrogens is 248 g/mol. The summed E-state index contributed by atoms with van der Waals surface area (Å²) in [4.78, 5) is 12.1. The Labute approximate surface area is 120 Å². The predicted octanol–water partition coefficient (Wildman–Crippen LogP) is 3.50. The highest BCUT2D eigenvalue weighted by Crippen LogP contribution is 2.65. The summed E-state index contributed by atoms with van der Waals surface area (Å²) in [6.45, 7) is 2.13. The second kappa shape index (κ2) is 5.39. The second-order valence-corrected chi connectivity index (χ2v) is 6.12. The van der Waals surface area contributed by atoms with Crippen molar-refractivity contribution in [3.8, 4) is 0 Å². The van der Waals surface area contributed by atoms with Crippen molar-refractivity contribution >= 4 is 11.6 Å². The molecule has 0 heterocycles. The molecular formula is C17H22N2O. The van der Waals surface area contributed by atoms with Crippen LogP contribution in [0.1, 0.15) is 51.0 Å². The summed E-state index contributed by atoms with van der Waals surface area (Å²) in [5.74, 6) is 0.341. The van der Waals surface area contributed by atoms with Crippen LogP contribution >= 0.6 is 0 Å². The lowest BCUT2D eigenvalue weighted by Gasteiger charge is -2.25. The van der Waals surface area contributed by atoms with Crippen LogP contribution in [0.25, 0.3) is 0 Å². The smallest absolute Gasteiger partial charge is 0.243 e. The van der Waals surface area contributed by atoms with Crippen molar-refractivity contribution < 1.29 is 4.79 Å². The number of amides is 1. The number of hydrogen-bond acceptors (Lipinski definition) is 2. The first-order valence-electron chi connectivity index (χ1n) is 7.67. The van der Waals surface area contributed by atoms with Gasteiger partial charge in [-0.1, -0.05) is 50.1 Å². The zero-order chi connectivity index (χ0) is 14.0. The fraction of sp³-hybridized carbons (Fsp3) is 0.529. The molecule has 0 unspecified atom stereocenters. The molecule has 1 aromatic carbocycles. The molecule has 2 aliphatic rings. The van der Waals surface area contributed by atoms with E-state index >= 15 is 0 Å². The fourth-order valence-corrected chi connectivity index (χ4v) is 3.23. The molecule has 2 fully saturated rings. The summed E-state index contributed by atoms with van der Waals surface area (Å²) in [6, 6.07) is 10.1. The van der Waals surface area contributed by atoms with Crippen molar-refractivity contribution in [2.24, 2.45) is 16.4 Å². The number of rotatable bonds is 5. The molecule has 0 saturated heterocycles. The number of carbonyl (C=O) groups excluding carboxylic acids is 1. The Hall–Kier alpha value is -1.64. The maximum Gasteiger partial charge on any atom is 0.243 e. The zero-order valence-corrected chi connectivity index (χ0v) is 12.1. The maximum atomic E-state index is 12.1. The Morgan fingerprint density at radius 3 is 2.65 bits per heavy atom. The van der Waals surface area contributed by atoms with Crippen LogP contribution in [-0.4, -0.2) is 11.6 Å². The van der Waals surface area contributed by atoms with Gasteiger partial charge < -0.3 is 0 Å². The van der Waals surface area contributed by atoms with Crippen LogP contribution in [0.4, 0.5) is 0 Å². The lowest BCUT2D eigenvalue weighted by atomic mass is 9.80. The molecule has 3 rings (SSSR count). The van der Waals surface area contributed by atoms with Crippen molar-refractivity contribution in [3.63, 3.8) is 0 Å². The van der Waals surface area contributed by atoms with E-state index in [1.54, 1.807) is 0 Å². The molecule has 1 atom stereocenters. The summed E-state index contributed by atoms with van der Waals surface area (Å²) in [5.41, 5.74) is 5.25. The minimum atomic E-state index is 0.120. The van der Waals surface area contributed by atoms with E-state index in [9.17, 15) is 4.79 Å². The molecule has 1 N–H and O–H groups in total. The Bertz CT molecular complexity index is 517. The van der Waals surface area contributed by atoms with Gasteiger partial charge in [0.25, 0.3) is 0 Å². The predicted molar refractivity (Wildman–Crippen MR) is 80.4 cm³/mol. The molecule has 0 aromatic heterocycles. The van der Waals surface area contributed by atoms with Crippen molar-refractivity contribution in [1.82, 2.24) is 5.43 Å². The average Bonchev–Trinajstić information content (AvgIpc) is 3.20. The molecule has 1 aromatic rings. The number of carbonyl (C=O) groups is 1. The van der Waals surface area contributed by atoms with Crippen LogP contribution < -0.4 is 5.43 Å². The van der Waals surface area contributed by atoms with E-state index in [0.29, 0.717) is 5.41 Å². The van der Waals surface area contributed by atoms with Crippen molar-refractivity contribution in [1.29, 1.82) is 0 Å². The van der Waals surface area contributed by atoms with Gasteiger partial charge in [0, 0.05) is 5.92 Å². The molecule has 0 radical (unpaired) electrons. The number of nitrogens with zero attached hydrogens (tertiary/aromatic N) is 1. The van der Waals surface area contributed by atoms with Crippen LogP contribution in [-0.2, 0) is 4.79 Å². The Morgan fingerprint density at radius 2 is 2.10 bits per heavy atom. The first-order chi connectivity index (χ1) is 9.75. The molecule has 1 amide bonds. The van der Waals surface area contributed by atoms with E-state index in [0.717, 1.165) is 30.5 Å². The van der Waals surface area contributed by atoms with Crippen molar-refractivity contribution in [2.45, 2.75) is 45.4 Å². The topological polar surface area (TPSA) is 41.5 Å². The highest BCUT2D eigenvalue weighted by atomic mass is 16.2. The van der Waals surface area contributed by atoms with Gasteiger partial charge in [0.2, 0.25) is 5.91 Å². The fourth-order valence-electron chi connectivity index (χ4n) is 3.23. The summed E-state index contributed by atoms with van der Waals surface area (Å²) in [6.07, 6.45) is 6.74. The van der Waals surface area contributed by atoms with Gasteiger partial charge in [-0.05, 0) is 36.7 Å². The average molecular weight is 270 g/mol. The lowest BCUT2D eigenvalue weighted by Crippen LogP contribution is -2.27. The molecule has 0 bridgehead atoms. The number of hydrazone groups is 1. The Morgan fingerprint density at radius 1 is 1.35 bits per heavy atom. The van der Waals surface area contributed by atoms with Gasteiger partial charge in [0.05, 0.1) is 5.71 Å². The van der Waals surface area contributed by atoms with Gasteiger partial charge >= 0.3 is 0 Å². The normalized spacial score (nSPS) is 23.2. The van der Waals surface area contributed by atoms with Crippen LogP contribution in [0.15, 0.2) is 35.4 Å². The van der Waals surface area contributed by atoms with Gasteiger partial charge in [0.15, 0.2) is 0 Å². The van der Waals surface area contributed by atoms with Crippen LogP contribution in [0, 0.1) is 11.3 Å². The van der Waals surface area contributed by atoms with E-state index < -0.39 is 0 Å². The zero-order valence-electron chi connectivity index (χ0n) is 12.1. The number of hydrogen-bond donors (Lipinski definition) is 1. The second-order valence-electron chi connectivity index (χ2n) is 6.12. The molecule has 20 heavy (non-hydrogen) atoms. The van der Waals surface area contributed by atoms with Gasteiger partial charge in [-0.15, -0.1) is 0 Å². The Kier molecular flexibility index (Phi) is 3.60. The van der Waals surface area contributed by atoms with Crippen LogP contribution in [0.3, 0.4) is 0 Å². The van der Waals surface area contributed by atoms with Gasteiger partial charge in [0.1, 0.15) is 0 Å². The van der Waals surface area contributed by atoms with Gasteiger partial charge in [-0.2, -0.15) is 5.10 Å². The summed E-state index contributed by atoms with van der Waals surface area (Å²) in [7, 11) is 0. The highest BCUT2D eigenvalue weighted by Gasteiger charge is 2.60. The van der Waals surface area contributed by atoms with Crippen LogP contribution in [0.5, 0.6) is 0 Å². The monoisotopic (exact) mass is 270 g/mol. The highest BCUT2D eigenvalue weighted by molar-refractivity contribution is 6.01. The van der Waals surface area contributed by atoms with E-state index in [1.807, 2.05) is 30.3 Å². The van der Waals surface area contributed by atoms with E-state index in [4.69, 9.17) is 0 Å². The van der Waals surface area contributed by atoms with Crippen LogP contribution in [0.2, 0.25) is 0 Å². The van der Waals surface area contributed by atoms with Gasteiger partial charge in [-0.3, -0.25) is 4.79 Å². The Balaban J connectivity index is 1.64. The first-order valence-corrected chi connectivity index (χ1v) is 7.67. The standard InChI is InChI=1S/C17H22N2O/c1-2-7-15(13-8-4-3-5-9-13)18-19-16(20)14-12-17(14)10-6-11-17/h3-5,8-9,14H,2,6-7,10-12H2,1H3,(H,19,20)/t14-/m1/s1. The summed E-state index contributed by atoms with van der Waals surface area (Å²) >= 11 is 0. The minimum absolute atomic E-state index is 0.120. The first kappa shape index (κ1) is 13.3. The third-order valence-electron chi connectivity index (χ3n) is 4.75. The molecule has 3 nitrogen and oxygen atoms in total. The lowest BCUT2D eigenvalue weighted by molar-refractivity contribution is -0.123. The molecule has 0 aliphatic heterocycles. The molecule has 2 saturated carbocycles. The summed E-state index contributed by atoms with van der Waals surface area (Å²) < 4.78 is 0. The van der Waals surface area contributed by atoms with E-state index in [-0.39, 0.29) is 11.8 Å². The molecule has 1 spiro atoms. The molecule has 3 heteroatoms. The SMILES string of the molecule is CCCC(=NNC(=O)[C@H]1CC12CCC2)c1ccccc1. The maximum absolute atomic E-state index is 12.1. The third-order valence-corrected chi connectivity index (χ3v) is 4.75. The number of nitrogens with one attached hydrogen (secondary N) is 1. The van der Waals surface area contributed by atoms with E-state index in [2.05, 4.69) is 17.5 Å². The van der Waals surface area contributed by atoms with Gasteiger partial charge in [-0.25, -0.2) is 5.43 Å². The minimum Gasteiger partial charge on any atom is -0.273 e. The quantitative estimate of drug-likeness (QED) is 0.645. The third kappa shape index (κ3) is 2.49. The largest absolute Gasteiger partial charge is 0.273 e. The summed E-state index contributed by atoms with van der Waals surface area (Å²) in [5, 5.41) is 4.39. The van der Waals surface area contributed by atoms with Crippen molar-refractivity contribution in [3.05, 3.63) is 35.9 Å². The molecule has 2 aliphatic carbocycles. The molecule has 106 valence electrons. The van der Waals surface area contributed by atoms with Crippen molar-refractivity contribution in [2.75, 3.05) is 0 Å².